The van der Waals surface area contributed by atoms with Crippen LogP contribution in [0.5, 0.6) is 0 Å². The predicted molar refractivity (Wildman–Crippen MR) is 120 cm³/mol. The minimum Gasteiger partial charge on any atom is -0.345 e. The van der Waals surface area contributed by atoms with Crippen LogP contribution in [0.3, 0.4) is 0 Å². The van der Waals surface area contributed by atoms with Gasteiger partial charge < -0.3 is 10.2 Å². The third kappa shape index (κ3) is 4.86. The summed E-state index contributed by atoms with van der Waals surface area (Å²) in [5.74, 6) is -0.402. The summed E-state index contributed by atoms with van der Waals surface area (Å²) in [5.41, 5.74) is 3.46. The number of nitrogens with zero attached hydrogens (tertiary/aromatic N) is 2. The highest BCUT2D eigenvalue weighted by Crippen LogP contribution is 2.25. The fourth-order valence-electron chi connectivity index (χ4n) is 3.41. The van der Waals surface area contributed by atoms with E-state index in [2.05, 4.69) is 10.2 Å². The first kappa shape index (κ1) is 22.7. The number of piperazine rings is 1. The van der Waals surface area contributed by atoms with E-state index >= 15 is 0 Å². The molecule has 1 fully saturated rings. The Labute approximate surface area is 183 Å². The lowest BCUT2D eigenvalue weighted by atomic mass is 10.0. The summed E-state index contributed by atoms with van der Waals surface area (Å²) in [6.07, 6.45) is 0. The Kier molecular flexibility index (Phi) is 6.87. The smallest absolute Gasteiger partial charge is 0.253 e. The standard InChI is InChI=1S/C22H28ClN3O3S/c1-15-5-6-18(13-16(15)2)17(3)24-22(27)20-14-19(7-8-21(20)23)30(28,29)26-11-9-25(4)10-12-26/h5-8,13-14,17H,9-12H2,1-4H3,(H,24,27)/t17-/m0/s1. The van der Waals surface area contributed by atoms with Crippen molar-refractivity contribution < 1.29 is 13.2 Å². The van der Waals surface area contributed by atoms with Crippen LogP contribution in [0, 0.1) is 13.8 Å². The summed E-state index contributed by atoms with van der Waals surface area (Å²) in [5, 5.41) is 3.15. The topological polar surface area (TPSA) is 69.7 Å². The molecule has 1 heterocycles. The predicted octanol–water partition coefficient (Wildman–Crippen LogP) is 3.38. The van der Waals surface area contributed by atoms with Gasteiger partial charge in [-0.25, -0.2) is 8.42 Å². The number of halogens is 1. The molecular weight excluding hydrogens is 422 g/mol. The Hall–Kier alpha value is -1.93. The molecule has 1 atom stereocenters. The lowest BCUT2D eigenvalue weighted by molar-refractivity contribution is 0.0940. The fourth-order valence-corrected chi connectivity index (χ4v) is 5.06. The number of carbonyl (C=O) groups excluding carboxylic acids is 1. The van der Waals surface area contributed by atoms with Gasteiger partial charge in [-0.15, -0.1) is 0 Å². The molecule has 6 nitrogen and oxygen atoms in total. The molecule has 1 amide bonds. The lowest BCUT2D eigenvalue weighted by Gasteiger charge is -2.31. The van der Waals surface area contributed by atoms with Crippen LogP contribution in [-0.2, 0) is 10.0 Å². The summed E-state index contributed by atoms with van der Waals surface area (Å²) < 4.78 is 27.5. The highest BCUT2D eigenvalue weighted by molar-refractivity contribution is 7.89. The van der Waals surface area contributed by atoms with Crippen LogP contribution in [0.2, 0.25) is 5.02 Å². The van der Waals surface area contributed by atoms with Gasteiger partial charge in [-0.2, -0.15) is 4.31 Å². The van der Waals surface area contributed by atoms with E-state index in [9.17, 15) is 13.2 Å². The number of hydrogen-bond acceptors (Lipinski definition) is 4. The highest BCUT2D eigenvalue weighted by atomic mass is 35.5. The average molecular weight is 450 g/mol. The molecular formula is C22H28ClN3O3S. The molecule has 3 rings (SSSR count). The SMILES string of the molecule is Cc1ccc([C@H](C)NC(=O)c2cc(S(=O)(=O)N3CCN(C)CC3)ccc2Cl)cc1C. The molecule has 1 aliphatic rings. The maximum atomic E-state index is 13.0. The van der Waals surface area contributed by atoms with Gasteiger partial charge in [-0.3, -0.25) is 4.79 Å². The molecule has 0 radical (unpaired) electrons. The summed E-state index contributed by atoms with van der Waals surface area (Å²) in [6.45, 7) is 8.15. The molecule has 0 aliphatic carbocycles. The van der Waals surface area contributed by atoms with Crippen molar-refractivity contribution in [3.8, 4) is 0 Å². The van der Waals surface area contributed by atoms with E-state index in [4.69, 9.17) is 11.6 Å². The molecule has 1 saturated heterocycles. The van der Waals surface area contributed by atoms with Gasteiger partial charge >= 0.3 is 0 Å². The molecule has 2 aromatic carbocycles. The molecule has 8 heteroatoms. The number of rotatable bonds is 5. The van der Waals surface area contributed by atoms with E-state index in [1.54, 1.807) is 0 Å². The second-order valence-corrected chi connectivity index (χ2v) is 10.2. The summed E-state index contributed by atoms with van der Waals surface area (Å²) in [6, 6.07) is 10.1. The third-order valence-corrected chi connectivity index (χ3v) is 7.89. The van der Waals surface area contributed by atoms with E-state index in [-0.39, 0.29) is 21.5 Å². The van der Waals surface area contributed by atoms with Crippen molar-refractivity contribution in [2.24, 2.45) is 0 Å². The number of sulfonamides is 1. The number of nitrogens with one attached hydrogen (secondary N) is 1. The fraction of sp³-hybridized carbons (Fsp3) is 0.409. The van der Waals surface area contributed by atoms with Crippen LogP contribution in [-0.4, -0.2) is 56.8 Å². The number of aryl methyl sites for hydroxylation is 2. The Bertz CT molecular complexity index is 1050. The quantitative estimate of drug-likeness (QED) is 0.759. The minimum atomic E-state index is -3.68. The zero-order valence-electron chi connectivity index (χ0n) is 17.8. The first-order chi connectivity index (χ1) is 14.1. The number of hydrogen-bond donors (Lipinski definition) is 1. The normalized spacial score (nSPS) is 17.0. The van der Waals surface area contributed by atoms with Gasteiger partial charge in [0.05, 0.1) is 21.5 Å². The van der Waals surface area contributed by atoms with Gasteiger partial charge in [0.25, 0.3) is 5.91 Å². The molecule has 0 bridgehead atoms. The third-order valence-electron chi connectivity index (χ3n) is 5.66. The molecule has 2 aromatic rings. The van der Waals surface area contributed by atoms with Crippen molar-refractivity contribution in [3.63, 3.8) is 0 Å². The Balaban J connectivity index is 1.82. The number of carbonyl (C=O) groups is 1. The van der Waals surface area contributed by atoms with Gasteiger partial charge in [0.2, 0.25) is 10.0 Å². The van der Waals surface area contributed by atoms with Crippen LogP contribution in [0.15, 0.2) is 41.3 Å². The maximum Gasteiger partial charge on any atom is 0.253 e. The first-order valence-corrected chi connectivity index (χ1v) is 11.8. The van der Waals surface area contributed by atoms with E-state index < -0.39 is 15.9 Å². The molecule has 30 heavy (non-hydrogen) atoms. The molecule has 0 unspecified atom stereocenters. The molecule has 0 saturated carbocycles. The van der Waals surface area contributed by atoms with Crippen molar-refractivity contribution in [1.29, 1.82) is 0 Å². The largest absolute Gasteiger partial charge is 0.345 e. The Morgan fingerprint density at radius 3 is 2.33 bits per heavy atom. The minimum absolute atomic E-state index is 0.0837. The van der Waals surface area contributed by atoms with Crippen LogP contribution in [0.4, 0.5) is 0 Å². The molecule has 0 aromatic heterocycles. The van der Waals surface area contributed by atoms with Gasteiger partial charge in [0.1, 0.15) is 0 Å². The van der Waals surface area contributed by atoms with E-state index in [1.165, 1.54) is 28.1 Å². The van der Waals surface area contributed by atoms with E-state index in [1.807, 2.05) is 46.0 Å². The number of amides is 1. The summed E-state index contributed by atoms with van der Waals surface area (Å²) >= 11 is 6.25. The zero-order valence-corrected chi connectivity index (χ0v) is 19.3. The maximum absolute atomic E-state index is 13.0. The Morgan fingerprint density at radius 2 is 1.70 bits per heavy atom. The molecule has 1 aliphatic heterocycles. The second kappa shape index (κ2) is 9.06. The van der Waals surface area contributed by atoms with Gasteiger partial charge in [-0.1, -0.05) is 29.8 Å². The van der Waals surface area contributed by atoms with Crippen LogP contribution in [0.25, 0.3) is 0 Å². The van der Waals surface area contributed by atoms with Gasteiger partial charge in [-0.05, 0) is 62.7 Å². The summed E-state index contributed by atoms with van der Waals surface area (Å²) in [7, 11) is -1.72. The van der Waals surface area contributed by atoms with Crippen molar-refractivity contribution >= 4 is 27.5 Å². The molecule has 162 valence electrons. The highest BCUT2D eigenvalue weighted by Gasteiger charge is 2.28. The Morgan fingerprint density at radius 1 is 1.03 bits per heavy atom. The number of benzene rings is 2. The van der Waals surface area contributed by atoms with Crippen LogP contribution < -0.4 is 5.32 Å². The lowest BCUT2D eigenvalue weighted by Crippen LogP contribution is -2.47. The second-order valence-electron chi connectivity index (χ2n) is 7.89. The van der Waals surface area contributed by atoms with E-state index in [0.29, 0.717) is 26.2 Å². The van der Waals surface area contributed by atoms with Crippen LogP contribution >= 0.6 is 11.6 Å². The van der Waals surface area contributed by atoms with Gasteiger partial charge in [0, 0.05) is 26.2 Å². The van der Waals surface area contributed by atoms with Crippen molar-refractivity contribution in [3.05, 3.63) is 63.7 Å². The van der Waals surface area contributed by atoms with Crippen LogP contribution in [0.1, 0.15) is 40.0 Å². The van der Waals surface area contributed by atoms with Gasteiger partial charge in [0.15, 0.2) is 0 Å². The number of likely N-dealkylation sites (N-methyl/N-ethyl adjacent to an activating group) is 1. The molecule has 1 N–H and O–H groups in total. The van der Waals surface area contributed by atoms with Crippen molar-refractivity contribution in [2.45, 2.75) is 31.7 Å². The summed E-state index contributed by atoms with van der Waals surface area (Å²) in [4.78, 5) is 15.1. The van der Waals surface area contributed by atoms with E-state index in [0.717, 1.165) is 11.1 Å². The average Bonchev–Trinajstić information content (AvgIpc) is 2.70. The monoisotopic (exact) mass is 449 g/mol. The molecule has 0 spiro atoms. The first-order valence-electron chi connectivity index (χ1n) is 9.96. The van der Waals surface area contributed by atoms with Crippen molar-refractivity contribution in [1.82, 2.24) is 14.5 Å². The van der Waals surface area contributed by atoms with Crippen molar-refractivity contribution in [2.75, 3.05) is 33.2 Å². The zero-order chi connectivity index (χ0) is 22.1.